The molecule has 120 valence electrons. The van der Waals surface area contributed by atoms with Crippen LogP contribution in [0, 0.1) is 22.7 Å². The van der Waals surface area contributed by atoms with Crippen LogP contribution in [-0.2, 0) is 0 Å². The Morgan fingerprint density at radius 2 is 1.83 bits per heavy atom. The highest BCUT2D eigenvalue weighted by molar-refractivity contribution is 5.91. The summed E-state index contributed by atoms with van der Waals surface area (Å²) in [6.07, 6.45) is 1.76. The third-order valence-electron chi connectivity index (χ3n) is 3.32. The summed E-state index contributed by atoms with van der Waals surface area (Å²) in [5.74, 6) is 1.38. The smallest absolute Gasteiger partial charge is 0.130 e. The van der Waals surface area contributed by atoms with E-state index in [-0.39, 0.29) is 0 Å². The number of ether oxygens (including phenoxy) is 2. The fraction of sp³-hybridized carbons (Fsp3) is 0.200. The largest absolute Gasteiger partial charge is 0.494 e. The minimum absolute atomic E-state index is 0.470. The number of nitrogens with zero attached hydrogens (tertiary/aromatic N) is 2. The molecule has 0 aromatic heterocycles. The molecule has 0 radical (unpaired) electrons. The van der Waals surface area contributed by atoms with Gasteiger partial charge in [0.25, 0.3) is 0 Å². The highest BCUT2D eigenvalue weighted by atomic mass is 16.5. The molecular formula is C20H18N2O2. The maximum absolute atomic E-state index is 9.50. The van der Waals surface area contributed by atoms with E-state index in [4.69, 9.17) is 14.7 Å². The number of allylic oxidation sites excluding steroid dienone is 1. The van der Waals surface area contributed by atoms with Gasteiger partial charge in [-0.15, -0.1) is 0 Å². The number of rotatable bonds is 6. The molecule has 0 aliphatic carbocycles. The number of benzene rings is 2. The second kappa shape index (κ2) is 8.41. The zero-order valence-electron chi connectivity index (χ0n) is 13.7. The Labute approximate surface area is 142 Å². The second-order valence-corrected chi connectivity index (χ2v) is 4.93. The molecule has 0 amide bonds. The first-order chi connectivity index (χ1) is 11.7. The van der Waals surface area contributed by atoms with E-state index in [0.717, 1.165) is 11.3 Å². The Bertz CT molecular complexity index is 826. The molecular weight excluding hydrogens is 300 g/mol. The predicted molar refractivity (Wildman–Crippen MR) is 93.4 cm³/mol. The molecule has 24 heavy (non-hydrogen) atoms. The normalized spacial score (nSPS) is 10.6. The van der Waals surface area contributed by atoms with Crippen molar-refractivity contribution in [2.24, 2.45) is 0 Å². The lowest BCUT2D eigenvalue weighted by Gasteiger charge is -2.11. The average molecular weight is 318 g/mol. The maximum Gasteiger partial charge on any atom is 0.130 e. The first-order valence-corrected chi connectivity index (χ1v) is 7.73. The molecule has 0 unspecified atom stereocenters. The van der Waals surface area contributed by atoms with Gasteiger partial charge in [0, 0.05) is 11.6 Å². The minimum atomic E-state index is 0.470. The molecule has 0 bridgehead atoms. The van der Waals surface area contributed by atoms with E-state index in [2.05, 4.69) is 12.1 Å². The molecule has 0 fully saturated rings. The Kier molecular flexibility index (Phi) is 6.00. The Balaban J connectivity index is 2.46. The van der Waals surface area contributed by atoms with E-state index in [0.29, 0.717) is 35.7 Å². The summed E-state index contributed by atoms with van der Waals surface area (Å²) in [4.78, 5) is 0. The van der Waals surface area contributed by atoms with Crippen molar-refractivity contribution in [2.75, 3.05) is 13.2 Å². The van der Waals surface area contributed by atoms with Gasteiger partial charge in [0.2, 0.25) is 0 Å². The van der Waals surface area contributed by atoms with E-state index in [1.807, 2.05) is 38.1 Å². The summed E-state index contributed by atoms with van der Waals surface area (Å²) < 4.78 is 11.2. The van der Waals surface area contributed by atoms with Gasteiger partial charge in [-0.2, -0.15) is 10.5 Å². The van der Waals surface area contributed by atoms with Crippen molar-refractivity contribution in [3.63, 3.8) is 0 Å². The zero-order chi connectivity index (χ0) is 17.4. The van der Waals surface area contributed by atoms with Gasteiger partial charge >= 0.3 is 0 Å². The number of nitriles is 2. The SMILES string of the molecule is CCOc1ccc(/C=C(/C#N)c2cccc(C#N)c2)c(OCC)c1. The van der Waals surface area contributed by atoms with Gasteiger partial charge in [-0.1, -0.05) is 12.1 Å². The van der Waals surface area contributed by atoms with Gasteiger partial charge in [0.15, 0.2) is 0 Å². The van der Waals surface area contributed by atoms with E-state index in [1.54, 1.807) is 24.3 Å². The van der Waals surface area contributed by atoms with E-state index in [9.17, 15) is 5.26 Å². The molecule has 0 saturated carbocycles. The third-order valence-corrected chi connectivity index (χ3v) is 3.32. The molecule has 0 atom stereocenters. The second-order valence-electron chi connectivity index (χ2n) is 4.93. The minimum Gasteiger partial charge on any atom is -0.494 e. The Morgan fingerprint density at radius 1 is 1.04 bits per heavy atom. The molecule has 2 rings (SSSR count). The summed E-state index contributed by atoms with van der Waals surface area (Å²) in [5, 5.41) is 18.5. The van der Waals surface area contributed by atoms with Gasteiger partial charge in [0.05, 0.1) is 36.5 Å². The van der Waals surface area contributed by atoms with Gasteiger partial charge in [-0.25, -0.2) is 0 Å². The molecule has 0 N–H and O–H groups in total. The average Bonchev–Trinajstić information content (AvgIpc) is 2.61. The fourth-order valence-electron chi connectivity index (χ4n) is 2.26. The maximum atomic E-state index is 9.50. The van der Waals surface area contributed by atoms with Crippen LogP contribution in [0.2, 0.25) is 0 Å². The number of hydrogen-bond acceptors (Lipinski definition) is 4. The summed E-state index contributed by atoms with van der Waals surface area (Å²) in [6.45, 7) is 4.92. The van der Waals surface area contributed by atoms with Crippen LogP contribution in [-0.4, -0.2) is 13.2 Å². The molecule has 0 aliphatic heterocycles. The van der Waals surface area contributed by atoms with Crippen molar-refractivity contribution in [2.45, 2.75) is 13.8 Å². The molecule has 0 heterocycles. The number of hydrogen-bond donors (Lipinski definition) is 0. The lowest BCUT2D eigenvalue weighted by Crippen LogP contribution is -1.97. The van der Waals surface area contributed by atoms with Crippen molar-refractivity contribution in [3.8, 4) is 23.6 Å². The lowest BCUT2D eigenvalue weighted by molar-refractivity contribution is 0.322. The molecule has 0 aliphatic rings. The van der Waals surface area contributed by atoms with Gasteiger partial charge in [-0.05, 0) is 49.8 Å². The van der Waals surface area contributed by atoms with Crippen LogP contribution in [0.25, 0.3) is 11.6 Å². The predicted octanol–water partition coefficient (Wildman–Crippen LogP) is 4.42. The van der Waals surface area contributed by atoms with Crippen LogP contribution in [0.15, 0.2) is 42.5 Å². The van der Waals surface area contributed by atoms with E-state index >= 15 is 0 Å². The van der Waals surface area contributed by atoms with Crippen LogP contribution in [0.1, 0.15) is 30.5 Å². The molecule has 2 aromatic rings. The summed E-state index contributed by atoms with van der Waals surface area (Å²) in [7, 11) is 0. The van der Waals surface area contributed by atoms with Crippen molar-refractivity contribution >= 4 is 11.6 Å². The molecule has 2 aromatic carbocycles. The fourth-order valence-corrected chi connectivity index (χ4v) is 2.26. The van der Waals surface area contributed by atoms with E-state index in [1.165, 1.54) is 0 Å². The third kappa shape index (κ3) is 4.15. The van der Waals surface area contributed by atoms with Crippen LogP contribution < -0.4 is 9.47 Å². The quantitative estimate of drug-likeness (QED) is 0.584. The highest BCUT2D eigenvalue weighted by Gasteiger charge is 2.08. The summed E-state index contributed by atoms with van der Waals surface area (Å²) in [5.41, 5.74) is 2.48. The Hall–Kier alpha value is -3.24. The molecule has 0 spiro atoms. The first-order valence-electron chi connectivity index (χ1n) is 7.73. The summed E-state index contributed by atoms with van der Waals surface area (Å²) in [6, 6.07) is 16.8. The Morgan fingerprint density at radius 3 is 2.50 bits per heavy atom. The van der Waals surface area contributed by atoms with Crippen molar-refractivity contribution in [1.29, 1.82) is 10.5 Å². The first kappa shape index (κ1) is 17.1. The van der Waals surface area contributed by atoms with Crippen LogP contribution in [0.4, 0.5) is 0 Å². The van der Waals surface area contributed by atoms with E-state index < -0.39 is 0 Å². The molecule has 4 heteroatoms. The van der Waals surface area contributed by atoms with Gasteiger partial charge in [-0.3, -0.25) is 0 Å². The monoisotopic (exact) mass is 318 g/mol. The van der Waals surface area contributed by atoms with Crippen LogP contribution >= 0.6 is 0 Å². The zero-order valence-corrected chi connectivity index (χ0v) is 13.7. The van der Waals surface area contributed by atoms with Crippen molar-refractivity contribution in [3.05, 3.63) is 59.2 Å². The topological polar surface area (TPSA) is 66.0 Å². The van der Waals surface area contributed by atoms with Crippen molar-refractivity contribution < 1.29 is 9.47 Å². The molecule has 4 nitrogen and oxygen atoms in total. The lowest BCUT2D eigenvalue weighted by atomic mass is 10.0. The van der Waals surface area contributed by atoms with Gasteiger partial charge in [0.1, 0.15) is 11.5 Å². The van der Waals surface area contributed by atoms with Crippen LogP contribution in [0.5, 0.6) is 11.5 Å². The van der Waals surface area contributed by atoms with Crippen molar-refractivity contribution in [1.82, 2.24) is 0 Å². The standard InChI is InChI=1S/C20H18N2O2/c1-3-23-19-9-8-17(20(12-19)24-4-2)11-18(14-22)16-7-5-6-15(10-16)13-21/h5-12H,3-4H2,1-2H3/b18-11-. The molecule has 0 saturated heterocycles. The van der Waals surface area contributed by atoms with Gasteiger partial charge < -0.3 is 9.47 Å². The highest BCUT2D eigenvalue weighted by Crippen LogP contribution is 2.29. The summed E-state index contributed by atoms with van der Waals surface area (Å²) >= 11 is 0. The van der Waals surface area contributed by atoms with Crippen LogP contribution in [0.3, 0.4) is 0 Å².